The molecule has 3 rings (SSSR count). The molecule has 0 aliphatic carbocycles. The summed E-state index contributed by atoms with van der Waals surface area (Å²) in [5.74, 6) is 0.818. The summed E-state index contributed by atoms with van der Waals surface area (Å²) in [6.45, 7) is 4.65. The first-order valence-corrected chi connectivity index (χ1v) is 8.54. The molecule has 1 aromatic heterocycles. The number of aromatic nitrogens is 2. The summed E-state index contributed by atoms with van der Waals surface area (Å²) in [7, 11) is -3.26. The Bertz CT molecular complexity index is 717. The number of imidazole rings is 1. The highest BCUT2D eigenvalue weighted by atomic mass is 32.2. The van der Waals surface area contributed by atoms with Gasteiger partial charge in [-0.25, -0.2) is 13.4 Å². The van der Waals surface area contributed by atoms with Gasteiger partial charge in [-0.15, -0.1) is 0 Å². The van der Waals surface area contributed by atoms with Gasteiger partial charge in [0.25, 0.3) is 0 Å². The molecule has 6 nitrogen and oxygen atoms in total. The lowest BCUT2D eigenvalue weighted by Crippen LogP contribution is -2.43. The number of nitrogens with zero attached hydrogens (tertiary/aromatic N) is 2. The van der Waals surface area contributed by atoms with E-state index in [1.54, 1.807) is 12.1 Å². The average molecular weight is 294 g/mol. The van der Waals surface area contributed by atoms with Crippen molar-refractivity contribution in [2.45, 2.75) is 11.4 Å². The smallest absolute Gasteiger partial charge is 0.177 e. The maximum atomic E-state index is 11.8. The lowest BCUT2D eigenvalue weighted by atomic mass is 10.3. The second-order valence-electron chi connectivity index (χ2n) is 5.13. The van der Waals surface area contributed by atoms with Crippen LogP contribution in [0.15, 0.2) is 23.1 Å². The highest BCUT2D eigenvalue weighted by Gasteiger charge is 2.17. The van der Waals surface area contributed by atoms with E-state index in [0.717, 1.165) is 44.1 Å². The first kappa shape index (κ1) is 13.5. The minimum absolute atomic E-state index is 0.290. The molecule has 1 aromatic carbocycles. The summed E-state index contributed by atoms with van der Waals surface area (Å²) >= 11 is 0. The summed E-state index contributed by atoms with van der Waals surface area (Å²) in [5.41, 5.74) is 1.32. The highest BCUT2D eigenvalue weighted by Crippen LogP contribution is 2.21. The molecular weight excluding hydrogens is 276 g/mol. The number of piperazine rings is 1. The maximum Gasteiger partial charge on any atom is 0.177 e. The number of para-hydroxylation sites is 1. The lowest BCUT2D eigenvalue weighted by Gasteiger charge is -2.26. The number of sulfone groups is 1. The molecule has 2 N–H and O–H groups in total. The van der Waals surface area contributed by atoms with Gasteiger partial charge in [0.15, 0.2) is 9.84 Å². The van der Waals surface area contributed by atoms with E-state index in [0.29, 0.717) is 5.52 Å². The molecule has 0 amide bonds. The SMILES string of the molecule is CS(=O)(=O)c1cccc2[nH]c(CN3CCNCC3)nc12. The Morgan fingerprint density at radius 2 is 2.05 bits per heavy atom. The molecule has 0 bridgehead atoms. The van der Waals surface area contributed by atoms with Crippen LogP contribution in [0.5, 0.6) is 0 Å². The van der Waals surface area contributed by atoms with Gasteiger partial charge in [-0.1, -0.05) is 6.07 Å². The van der Waals surface area contributed by atoms with Crippen LogP contribution in [-0.4, -0.2) is 55.7 Å². The number of H-pyrrole nitrogens is 1. The van der Waals surface area contributed by atoms with Gasteiger partial charge in [-0.3, -0.25) is 4.90 Å². The molecular formula is C13H18N4O2S. The van der Waals surface area contributed by atoms with E-state index < -0.39 is 9.84 Å². The summed E-state index contributed by atoms with van der Waals surface area (Å²) in [4.78, 5) is 10.3. The molecule has 20 heavy (non-hydrogen) atoms. The quantitative estimate of drug-likeness (QED) is 0.855. The van der Waals surface area contributed by atoms with Gasteiger partial charge >= 0.3 is 0 Å². The number of hydrogen-bond acceptors (Lipinski definition) is 5. The molecule has 1 fully saturated rings. The Balaban J connectivity index is 1.94. The minimum atomic E-state index is -3.26. The number of hydrogen-bond donors (Lipinski definition) is 2. The highest BCUT2D eigenvalue weighted by molar-refractivity contribution is 7.91. The van der Waals surface area contributed by atoms with E-state index in [1.165, 1.54) is 6.26 Å². The molecule has 2 aromatic rings. The van der Waals surface area contributed by atoms with Gasteiger partial charge in [-0.05, 0) is 12.1 Å². The monoisotopic (exact) mass is 294 g/mol. The summed E-state index contributed by atoms with van der Waals surface area (Å²) < 4.78 is 23.5. The zero-order chi connectivity index (χ0) is 14.2. The van der Waals surface area contributed by atoms with E-state index >= 15 is 0 Å². The zero-order valence-electron chi connectivity index (χ0n) is 11.4. The largest absolute Gasteiger partial charge is 0.341 e. The fourth-order valence-electron chi connectivity index (χ4n) is 2.51. The molecule has 0 saturated carbocycles. The van der Waals surface area contributed by atoms with Crippen molar-refractivity contribution >= 4 is 20.9 Å². The van der Waals surface area contributed by atoms with Crippen molar-refractivity contribution in [3.05, 3.63) is 24.0 Å². The van der Waals surface area contributed by atoms with Crippen LogP contribution < -0.4 is 5.32 Å². The van der Waals surface area contributed by atoms with E-state index in [-0.39, 0.29) is 4.90 Å². The molecule has 1 aliphatic rings. The normalized spacial score (nSPS) is 17.6. The van der Waals surface area contributed by atoms with Crippen LogP contribution in [0.2, 0.25) is 0 Å². The lowest BCUT2D eigenvalue weighted by molar-refractivity contribution is 0.229. The van der Waals surface area contributed by atoms with E-state index in [9.17, 15) is 8.42 Å². The number of fused-ring (bicyclic) bond motifs is 1. The van der Waals surface area contributed by atoms with Crippen molar-refractivity contribution in [2.24, 2.45) is 0 Å². The van der Waals surface area contributed by atoms with Crippen LogP contribution in [0.3, 0.4) is 0 Å². The van der Waals surface area contributed by atoms with Crippen LogP contribution in [0.4, 0.5) is 0 Å². The third-order valence-corrected chi connectivity index (χ3v) is 4.64. The molecule has 0 spiro atoms. The molecule has 2 heterocycles. The molecule has 108 valence electrons. The van der Waals surface area contributed by atoms with Crippen molar-refractivity contribution in [1.29, 1.82) is 0 Å². The zero-order valence-corrected chi connectivity index (χ0v) is 12.2. The molecule has 0 radical (unpaired) electrons. The predicted octanol–water partition coefficient (Wildman–Crippen LogP) is 0.372. The Morgan fingerprint density at radius 1 is 1.30 bits per heavy atom. The Hall–Kier alpha value is -1.44. The summed E-state index contributed by atoms with van der Waals surface area (Å²) in [6, 6.07) is 5.21. The van der Waals surface area contributed by atoms with Gasteiger partial charge in [0.1, 0.15) is 11.3 Å². The first-order valence-electron chi connectivity index (χ1n) is 6.65. The van der Waals surface area contributed by atoms with Gasteiger partial charge in [0, 0.05) is 32.4 Å². The molecule has 1 saturated heterocycles. The van der Waals surface area contributed by atoms with Crippen molar-refractivity contribution in [3.63, 3.8) is 0 Å². The second-order valence-corrected chi connectivity index (χ2v) is 7.12. The van der Waals surface area contributed by atoms with Gasteiger partial charge < -0.3 is 10.3 Å². The Morgan fingerprint density at radius 3 is 2.75 bits per heavy atom. The van der Waals surface area contributed by atoms with Crippen LogP contribution in [-0.2, 0) is 16.4 Å². The molecule has 0 atom stereocenters. The number of benzene rings is 1. The predicted molar refractivity (Wildman–Crippen MR) is 77.4 cm³/mol. The molecule has 1 aliphatic heterocycles. The van der Waals surface area contributed by atoms with Crippen molar-refractivity contribution in [1.82, 2.24) is 20.2 Å². The van der Waals surface area contributed by atoms with E-state index in [1.807, 2.05) is 6.07 Å². The Kier molecular flexibility index (Phi) is 3.49. The summed E-state index contributed by atoms with van der Waals surface area (Å²) in [6.07, 6.45) is 1.21. The summed E-state index contributed by atoms with van der Waals surface area (Å²) in [5, 5.41) is 3.30. The number of rotatable bonds is 3. The van der Waals surface area contributed by atoms with Crippen molar-refractivity contribution in [3.8, 4) is 0 Å². The van der Waals surface area contributed by atoms with Crippen molar-refractivity contribution in [2.75, 3.05) is 32.4 Å². The van der Waals surface area contributed by atoms with Gasteiger partial charge in [-0.2, -0.15) is 0 Å². The first-order chi connectivity index (χ1) is 9.54. The third kappa shape index (κ3) is 2.70. The van der Waals surface area contributed by atoms with Crippen LogP contribution in [0, 0.1) is 0 Å². The third-order valence-electron chi connectivity index (χ3n) is 3.51. The van der Waals surface area contributed by atoms with Crippen molar-refractivity contribution < 1.29 is 8.42 Å². The fraction of sp³-hybridized carbons (Fsp3) is 0.462. The minimum Gasteiger partial charge on any atom is -0.341 e. The van der Waals surface area contributed by atoms with E-state index in [4.69, 9.17) is 0 Å². The maximum absolute atomic E-state index is 11.8. The fourth-order valence-corrected chi connectivity index (χ4v) is 3.34. The Labute approximate surface area is 118 Å². The topological polar surface area (TPSA) is 78.1 Å². The van der Waals surface area contributed by atoms with E-state index in [2.05, 4.69) is 20.2 Å². The number of nitrogens with one attached hydrogen (secondary N) is 2. The van der Waals surface area contributed by atoms with Gasteiger partial charge in [0.2, 0.25) is 0 Å². The number of aromatic amines is 1. The average Bonchev–Trinajstić information content (AvgIpc) is 2.80. The van der Waals surface area contributed by atoms with Crippen LogP contribution in [0.1, 0.15) is 5.82 Å². The standard InChI is InChI=1S/C13H18N4O2S/c1-20(18,19)11-4-2-3-10-13(11)16-12(15-10)9-17-7-5-14-6-8-17/h2-4,14H,5-9H2,1H3,(H,15,16). The van der Waals surface area contributed by atoms with Crippen LogP contribution >= 0.6 is 0 Å². The second kappa shape index (κ2) is 5.16. The van der Waals surface area contributed by atoms with Gasteiger partial charge in [0.05, 0.1) is 17.0 Å². The van der Waals surface area contributed by atoms with Crippen LogP contribution in [0.25, 0.3) is 11.0 Å². The molecule has 0 unspecified atom stereocenters. The molecule has 7 heteroatoms.